The number of aliphatic carboxylic acids is 1. The summed E-state index contributed by atoms with van der Waals surface area (Å²) in [6.07, 6.45) is -1.81. The van der Waals surface area contributed by atoms with E-state index in [1.165, 1.54) is 0 Å². The molecule has 0 aliphatic rings. The van der Waals surface area contributed by atoms with Crippen molar-refractivity contribution >= 4 is 29.2 Å². The molecule has 0 saturated carbocycles. The van der Waals surface area contributed by atoms with Crippen LogP contribution in [0.15, 0.2) is 42.5 Å². The zero-order valence-electron chi connectivity index (χ0n) is 16.2. The van der Waals surface area contributed by atoms with Crippen LogP contribution in [-0.2, 0) is 16.0 Å². The number of aliphatic hydroxyl groups is 1. The number of hydrogen-bond acceptors (Lipinski definition) is 5. The summed E-state index contributed by atoms with van der Waals surface area (Å²) in [6, 6.07) is 11.8. The first-order valence-electron chi connectivity index (χ1n) is 9.10. The Balaban J connectivity index is 1.87. The van der Waals surface area contributed by atoms with Gasteiger partial charge in [0.2, 0.25) is 0 Å². The fraction of sp³-hybridized carbons (Fsp3) is 0.381. The van der Waals surface area contributed by atoms with E-state index in [-0.39, 0.29) is 25.7 Å². The third kappa shape index (κ3) is 8.11. The molecule has 6 nitrogen and oxygen atoms in total. The van der Waals surface area contributed by atoms with Crippen molar-refractivity contribution in [2.75, 3.05) is 13.2 Å². The lowest BCUT2D eigenvalue weighted by atomic mass is 10.1. The summed E-state index contributed by atoms with van der Waals surface area (Å²) >= 11 is 11.9. The van der Waals surface area contributed by atoms with Crippen molar-refractivity contribution in [3.05, 3.63) is 58.1 Å². The number of hydrogen-bond donors (Lipinski definition) is 2. The van der Waals surface area contributed by atoms with Crippen LogP contribution < -0.4 is 9.47 Å². The van der Waals surface area contributed by atoms with Crippen LogP contribution in [0, 0.1) is 0 Å². The van der Waals surface area contributed by atoms with Gasteiger partial charge in [-0.2, -0.15) is 0 Å². The highest BCUT2D eigenvalue weighted by molar-refractivity contribution is 6.35. The predicted octanol–water partition coefficient (Wildman–Crippen LogP) is 4.23. The maximum absolute atomic E-state index is 11.4. The lowest BCUT2D eigenvalue weighted by molar-refractivity contribution is -0.153. The molecule has 2 aromatic rings. The molecule has 2 aromatic carbocycles. The molecular formula is C21H24Cl2O6. The number of carbonyl (C=O) groups is 1. The lowest BCUT2D eigenvalue weighted by Gasteiger charge is -2.17. The van der Waals surface area contributed by atoms with Crippen molar-refractivity contribution < 1.29 is 29.2 Å². The standard InChI is InChI=1S/C21H24Cl2O6/c1-13(2)29-20(21(25)26)9-14-4-3-5-17(8-14)27-11-16(24)12-28-19-7-6-15(22)10-18(19)23/h3-8,10,13,16,20,24H,9,11-12H2,1-2H3,(H,25,26)/t16-,20-/m0/s1. The van der Waals surface area contributed by atoms with E-state index >= 15 is 0 Å². The average molecular weight is 443 g/mol. The van der Waals surface area contributed by atoms with Crippen LogP contribution in [0.1, 0.15) is 19.4 Å². The van der Waals surface area contributed by atoms with Gasteiger partial charge < -0.3 is 24.4 Å². The van der Waals surface area contributed by atoms with Gasteiger partial charge in [0.25, 0.3) is 0 Å². The third-order valence-corrected chi connectivity index (χ3v) is 4.33. The van der Waals surface area contributed by atoms with Gasteiger partial charge in [0.05, 0.1) is 11.1 Å². The fourth-order valence-electron chi connectivity index (χ4n) is 2.52. The van der Waals surface area contributed by atoms with E-state index in [1.807, 2.05) is 0 Å². The highest BCUT2D eigenvalue weighted by atomic mass is 35.5. The van der Waals surface area contributed by atoms with Gasteiger partial charge in [-0.05, 0) is 49.7 Å². The van der Waals surface area contributed by atoms with Crippen molar-refractivity contribution in [2.24, 2.45) is 0 Å². The first-order chi connectivity index (χ1) is 13.7. The molecule has 0 heterocycles. The molecule has 158 valence electrons. The Morgan fingerprint density at radius 3 is 2.45 bits per heavy atom. The van der Waals surface area contributed by atoms with Gasteiger partial charge in [-0.15, -0.1) is 0 Å². The molecule has 0 saturated heterocycles. The molecule has 8 heteroatoms. The van der Waals surface area contributed by atoms with Crippen molar-refractivity contribution in [1.29, 1.82) is 0 Å². The third-order valence-electron chi connectivity index (χ3n) is 3.80. The quantitative estimate of drug-likeness (QED) is 0.541. The smallest absolute Gasteiger partial charge is 0.333 e. The molecule has 0 aromatic heterocycles. The number of ether oxygens (including phenoxy) is 3. The molecule has 0 aliphatic heterocycles. The van der Waals surface area contributed by atoms with Gasteiger partial charge in [0.15, 0.2) is 6.10 Å². The van der Waals surface area contributed by atoms with Gasteiger partial charge in [-0.25, -0.2) is 4.79 Å². The first kappa shape index (κ1) is 23.3. The van der Waals surface area contributed by atoms with Crippen LogP contribution >= 0.6 is 23.2 Å². The van der Waals surface area contributed by atoms with Crippen LogP contribution in [-0.4, -0.2) is 47.7 Å². The summed E-state index contributed by atoms with van der Waals surface area (Å²) in [5, 5.41) is 20.2. The molecule has 0 radical (unpaired) electrons. The second-order valence-electron chi connectivity index (χ2n) is 6.71. The molecule has 29 heavy (non-hydrogen) atoms. The highest BCUT2D eigenvalue weighted by Crippen LogP contribution is 2.27. The Kier molecular flexibility index (Phi) is 9.04. The monoisotopic (exact) mass is 442 g/mol. The second kappa shape index (κ2) is 11.3. The molecule has 0 aliphatic carbocycles. The number of halogens is 2. The average Bonchev–Trinajstić information content (AvgIpc) is 2.65. The van der Waals surface area contributed by atoms with Crippen LogP contribution in [0.3, 0.4) is 0 Å². The Bertz CT molecular complexity index is 812. The van der Waals surface area contributed by atoms with Crippen LogP contribution in [0.4, 0.5) is 0 Å². The molecule has 2 rings (SSSR count). The van der Waals surface area contributed by atoms with Gasteiger partial charge in [-0.1, -0.05) is 35.3 Å². The van der Waals surface area contributed by atoms with Crippen LogP contribution in [0.25, 0.3) is 0 Å². The van der Waals surface area contributed by atoms with Crippen molar-refractivity contribution in [1.82, 2.24) is 0 Å². The first-order valence-corrected chi connectivity index (χ1v) is 9.86. The van der Waals surface area contributed by atoms with Gasteiger partial charge in [0.1, 0.15) is 30.8 Å². The highest BCUT2D eigenvalue weighted by Gasteiger charge is 2.20. The molecule has 2 N–H and O–H groups in total. The minimum absolute atomic E-state index is 0.000481. The molecule has 0 spiro atoms. The van der Waals surface area contributed by atoms with E-state index in [4.69, 9.17) is 37.4 Å². The minimum Gasteiger partial charge on any atom is -0.491 e. The summed E-state index contributed by atoms with van der Waals surface area (Å²) in [6.45, 7) is 3.57. The fourth-order valence-corrected chi connectivity index (χ4v) is 2.98. The molecule has 0 bridgehead atoms. The Labute approximate surface area is 179 Å². The molecule has 0 unspecified atom stereocenters. The predicted molar refractivity (Wildman–Crippen MR) is 111 cm³/mol. The lowest BCUT2D eigenvalue weighted by Crippen LogP contribution is -2.29. The number of rotatable bonds is 11. The largest absolute Gasteiger partial charge is 0.491 e. The minimum atomic E-state index is -1.02. The Morgan fingerprint density at radius 1 is 1.07 bits per heavy atom. The maximum atomic E-state index is 11.4. The van der Waals surface area contributed by atoms with Crippen molar-refractivity contribution in [3.63, 3.8) is 0 Å². The second-order valence-corrected chi connectivity index (χ2v) is 7.56. The Morgan fingerprint density at radius 2 is 1.79 bits per heavy atom. The van der Waals surface area contributed by atoms with E-state index < -0.39 is 18.2 Å². The summed E-state index contributed by atoms with van der Waals surface area (Å²) < 4.78 is 16.5. The molecule has 2 atom stereocenters. The zero-order valence-corrected chi connectivity index (χ0v) is 17.7. The SMILES string of the molecule is CC(C)O[C@@H](Cc1cccc(OC[C@H](O)COc2ccc(Cl)cc2Cl)c1)C(=O)O. The van der Waals surface area contributed by atoms with E-state index in [1.54, 1.807) is 56.3 Å². The number of aliphatic hydroxyl groups excluding tert-OH is 1. The molecule has 0 fully saturated rings. The summed E-state index contributed by atoms with van der Waals surface area (Å²) in [5.74, 6) is -0.0832. The number of benzene rings is 2. The van der Waals surface area contributed by atoms with Crippen molar-refractivity contribution in [3.8, 4) is 11.5 Å². The Hall–Kier alpha value is -1.99. The van der Waals surface area contributed by atoms with Gasteiger partial charge in [0, 0.05) is 11.4 Å². The molecule has 0 amide bonds. The zero-order chi connectivity index (χ0) is 21.4. The maximum Gasteiger partial charge on any atom is 0.333 e. The van der Waals surface area contributed by atoms with Gasteiger partial charge in [-0.3, -0.25) is 0 Å². The van der Waals surface area contributed by atoms with E-state index in [9.17, 15) is 15.0 Å². The summed E-state index contributed by atoms with van der Waals surface area (Å²) in [4.78, 5) is 11.4. The number of carboxylic acid groups (broad SMARTS) is 1. The van der Waals surface area contributed by atoms with Gasteiger partial charge >= 0.3 is 5.97 Å². The van der Waals surface area contributed by atoms with Crippen LogP contribution in [0.5, 0.6) is 11.5 Å². The van der Waals surface area contributed by atoms with Crippen LogP contribution in [0.2, 0.25) is 10.0 Å². The normalized spacial score (nSPS) is 13.2. The summed E-state index contributed by atoms with van der Waals surface area (Å²) in [5.41, 5.74) is 0.759. The van der Waals surface area contributed by atoms with E-state index in [0.717, 1.165) is 5.56 Å². The van der Waals surface area contributed by atoms with E-state index in [0.29, 0.717) is 21.5 Å². The number of carboxylic acids is 1. The van der Waals surface area contributed by atoms with E-state index in [2.05, 4.69) is 0 Å². The molecular weight excluding hydrogens is 419 g/mol. The summed E-state index contributed by atoms with van der Waals surface area (Å²) in [7, 11) is 0. The van der Waals surface area contributed by atoms with Crippen molar-refractivity contribution in [2.45, 2.75) is 38.6 Å². The topological polar surface area (TPSA) is 85.2 Å².